The lowest BCUT2D eigenvalue weighted by Gasteiger charge is -1.74. The molecule has 0 fully saturated rings. The van der Waals surface area contributed by atoms with Gasteiger partial charge in [-0.2, -0.15) is 0 Å². The highest BCUT2D eigenvalue weighted by Gasteiger charge is 1.73. The van der Waals surface area contributed by atoms with Crippen LogP contribution < -0.4 is 0 Å². The van der Waals surface area contributed by atoms with E-state index in [2.05, 4.69) is 10.3 Å². The summed E-state index contributed by atoms with van der Waals surface area (Å²) in [6.45, 7) is 0. The standard InChI is InChI=1S/C2H3N3O/c6-5-2-1-3-4-5/h1-2,6H. The first kappa shape index (κ1) is 3.14. The molecule has 4 heteroatoms. The van der Waals surface area contributed by atoms with E-state index in [-0.39, 0.29) is 0 Å². The molecule has 0 saturated carbocycles. The van der Waals surface area contributed by atoms with Gasteiger partial charge in [-0.1, -0.05) is 4.85 Å². The van der Waals surface area contributed by atoms with Crippen molar-refractivity contribution in [1.82, 2.24) is 15.2 Å². The van der Waals surface area contributed by atoms with E-state index in [1.54, 1.807) is 0 Å². The number of hydrogen-bond acceptors (Lipinski definition) is 3. The molecule has 1 aromatic heterocycles. The molecule has 0 saturated heterocycles. The van der Waals surface area contributed by atoms with Crippen molar-refractivity contribution in [2.75, 3.05) is 0 Å². The first-order valence-electron chi connectivity index (χ1n) is 1.45. The first-order chi connectivity index (χ1) is 2.89. The van der Waals surface area contributed by atoms with E-state index < -0.39 is 0 Å². The molecule has 0 aliphatic heterocycles. The maximum absolute atomic E-state index is 8.22. The Morgan fingerprint density at radius 3 is 2.67 bits per heavy atom. The highest BCUT2D eigenvalue weighted by molar-refractivity contribution is 4.57. The Bertz CT molecular complexity index is 112. The van der Waals surface area contributed by atoms with Gasteiger partial charge in [0.25, 0.3) is 0 Å². The second-order valence-electron chi connectivity index (χ2n) is 0.823. The largest absolute Gasteiger partial charge is 0.411 e. The zero-order valence-electron chi connectivity index (χ0n) is 2.94. The molecule has 0 amide bonds. The molecule has 0 aliphatic rings. The van der Waals surface area contributed by atoms with Crippen molar-refractivity contribution < 1.29 is 5.21 Å². The molecule has 0 bridgehead atoms. The molecule has 0 aromatic carbocycles. The van der Waals surface area contributed by atoms with E-state index in [4.69, 9.17) is 5.21 Å². The summed E-state index contributed by atoms with van der Waals surface area (Å²) in [4.78, 5) is 0.639. The molecule has 0 aliphatic carbocycles. The predicted molar refractivity (Wildman–Crippen MR) is 17.2 cm³/mol. The molecule has 32 valence electrons. The Morgan fingerprint density at radius 2 is 2.50 bits per heavy atom. The fourth-order valence-electron chi connectivity index (χ4n) is 0.202. The van der Waals surface area contributed by atoms with E-state index in [1.165, 1.54) is 12.4 Å². The minimum Gasteiger partial charge on any atom is -0.411 e. The minimum absolute atomic E-state index is 0.639. The molecule has 0 radical (unpaired) electrons. The van der Waals surface area contributed by atoms with Crippen LogP contribution in [0.1, 0.15) is 0 Å². The number of nitrogens with zero attached hydrogens (tertiary/aromatic N) is 3. The van der Waals surface area contributed by atoms with Crippen LogP contribution in [0.2, 0.25) is 0 Å². The number of hydrogen-bond donors (Lipinski definition) is 1. The lowest BCUT2D eigenvalue weighted by Crippen LogP contribution is -1.88. The van der Waals surface area contributed by atoms with E-state index in [0.29, 0.717) is 4.85 Å². The normalized spacial score (nSPS) is 8.67. The Kier molecular flexibility index (Phi) is 0.506. The fraction of sp³-hybridized carbons (Fsp3) is 0. The smallest absolute Gasteiger partial charge is 0.0868 e. The van der Waals surface area contributed by atoms with E-state index in [1.807, 2.05) is 0 Å². The minimum atomic E-state index is 0.639. The average molecular weight is 85.1 g/mol. The Hall–Kier alpha value is -1.06. The SMILES string of the molecule is On1ccnn1. The first-order valence-corrected chi connectivity index (χ1v) is 1.45. The van der Waals surface area contributed by atoms with E-state index in [9.17, 15) is 0 Å². The lowest BCUT2D eigenvalue weighted by atomic mass is 11.0. The van der Waals surface area contributed by atoms with Crippen LogP contribution in [0.4, 0.5) is 0 Å². The van der Waals surface area contributed by atoms with Crippen molar-refractivity contribution in [2.45, 2.75) is 0 Å². The summed E-state index contributed by atoms with van der Waals surface area (Å²) in [6.07, 6.45) is 2.72. The number of aromatic nitrogens is 3. The van der Waals surface area contributed by atoms with Gasteiger partial charge in [0.05, 0.1) is 12.4 Å². The molecule has 0 atom stereocenters. The molecule has 4 nitrogen and oxygen atoms in total. The van der Waals surface area contributed by atoms with Gasteiger partial charge >= 0.3 is 0 Å². The topological polar surface area (TPSA) is 50.9 Å². The second-order valence-corrected chi connectivity index (χ2v) is 0.823. The summed E-state index contributed by atoms with van der Waals surface area (Å²) >= 11 is 0. The van der Waals surface area contributed by atoms with Gasteiger partial charge in [0.15, 0.2) is 0 Å². The molecule has 1 aromatic rings. The van der Waals surface area contributed by atoms with Crippen molar-refractivity contribution in [2.24, 2.45) is 0 Å². The molecule has 1 rings (SSSR count). The van der Waals surface area contributed by atoms with Crippen LogP contribution in [0, 0.1) is 0 Å². The molecular formula is C2H3N3O. The van der Waals surface area contributed by atoms with Crippen LogP contribution in [-0.4, -0.2) is 20.4 Å². The maximum Gasteiger partial charge on any atom is 0.0868 e. The summed E-state index contributed by atoms with van der Waals surface area (Å²) in [6, 6.07) is 0. The summed E-state index contributed by atoms with van der Waals surface area (Å²) in [5.41, 5.74) is 0. The third-order valence-electron chi connectivity index (χ3n) is 0.410. The summed E-state index contributed by atoms with van der Waals surface area (Å²) in [5.74, 6) is 0. The highest BCUT2D eigenvalue weighted by atomic mass is 16.5. The Morgan fingerprint density at radius 1 is 1.67 bits per heavy atom. The third-order valence-corrected chi connectivity index (χ3v) is 0.410. The van der Waals surface area contributed by atoms with Crippen molar-refractivity contribution in [1.29, 1.82) is 0 Å². The van der Waals surface area contributed by atoms with Gasteiger partial charge in [-0.05, 0) is 5.21 Å². The van der Waals surface area contributed by atoms with Gasteiger partial charge in [0, 0.05) is 0 Å². The van der Waals surface area contributed by atoms with E-state index >= 15 is 0 Å². The third kappa shape index (κ3) is 0.314. The van der Waals surface area contributed by atoms with Crippen LogP contribution in [0.25, 0.3) is 0 Å². The van der Waals surface area contributed by atoms with Crippen molar-refractivity contribution in [3.05, 3.63) is 12.4 Å². The zero-order chi connectivity index (χ0) is 4.41. The van der Waals surface area contributed by atoms with Gasteiger partial charge in [-0.25, -0.2) is 0 Å². The summed E-state index contributed by atoms with van der Waals surface area (Å²) < 4.78 is 0. The maximum atomic E-state index is 8.22. The quantitative estimate of drug-likeness (QED) is 0.433. The highest BCUT2D eigenvalue weighted by Crippen LogP contribution is 1.65. The molecule has 1 N–H and O–H groups in total. The van der Waals surface area contributed by atoms with Crippen LogP contribution in [0.15, 0.2) is 12.4 Å². The predicted octanol–water partition coefficient (Wildman–Crippen LogP) is -0.485. The fourth-order valence-corrected chi connectivity index (χ4v) is 0.202. The van der Waals surface area contributed by atoms with Crippen LogP contribution in [-0.2, 0) is 0 Å². The average Bonchev–Trinajstić information content (AvgIpc) is 1.86. The van der Waals surface area contributed by atoms with Gasteiger partial charge in [-0.15, -0.1) is 5.10 Å². The Labute approximate surface area is 34.0 Å². The second kappa shape index (κ2) is 0.965. The van der Waals surface area contributed by atoms with Crippen LogP contribution >= 0.6 is 0 Å². The van der Waals surface area contributed by atoms with Gasteiger partial charge in [0.2, 0.25) is 0 Å². The molecule has 0 unspecified atom stereocenters. The molecule has 0 spiro atoms. The molecular weight excluding hydrogens is 82.0 g/mol. The zero-order valence-corrected chi connectivity index (χ0v) is 2.94. The van der Waals surface area contributed by atoms with Crippen molar-refractivity contribution in [3.8, 4) is 0 Å². The van der Waals surface area contributed by atoms with Crippen LogP contribution in [0.3, 0.4) is 0 Å². The number of rotatable bonds is 0. The molecule has 1 heterocycles. The van der Waals surface area contributed by atoms with Gasteiger partial charge in [0.1, 0.15) is 0 Å². The summed E-state index contributed by atoms with van der Waals surface area (Å²) in [7, 11) is 0. The Balaban J connectivity index is 3.05. The molecule has 6 heavy (non-hydrogen) atoms. The van der Waals surface area contributed by atoms with Gasteiger partial charge < -0.3 is 5.21 Å². The monoisotopic (exact) mass is 85.0 g/mol. The van der Waals surface area contributed by atoms with Crippen molar-refractivity contribution in [3.63, 3.8) is 0 Å². The lowest BCUT2D eigenvalue weighted by molar-refractivity contribution is 0.143. The van der Waals surface area contributed by atoms with Crippen LogP contribution in [0.5, 0.6) is 0 Å². The summed E-state index contributed by atoms with van der Waals surface area (Å²) in [5, 5.41) is 14.6. The van der Waals surface area contributed by atoms with Crippen molar-refractivity contribution >= 4 is 0 Å². The van der Waals surface area contributed by atoms with Gasteiger partial charge in [-0.3, -0.25) is 0 Å². The van der Waals surface area contributed by atoms with E-state index in [0.717, 1.165) is 0 Å².